The van der Waals surface area contributed by atoms with Crippen molar-refractivity contribution >= 4 is 21.8 Å². The molecule has 1 amide bonds. The summed E-state index contributed by atoms with van der Waals surface area (Å²) in [6.45, 7) is 0. The molecule has 0 unspecified atom stereocenters. The van der Waals surface area contributed by atoms with Crippen molar-refractivity contribution in [3.63, 3.8) is 0 Å². The van der Waals surface area contributed by atoms with Gasteiger partial charge in [0.2, 0.25) is 0 Å². The minimum atomic E-state index is -0.682. The number of carbonyl (C=O) groups excluding carboxylic acids is 1. The third-order valence-corrected chi connectivity index (χ3v) is 2.85. The molecule has 0 aliphatic rings. The molecule has 1 heterocycles. The van der Waals surface area contributed by atoms with Crippen molar-refractivity contribution in [2.45, 2.75) is 5.33 Å². The summed E-state index contributed by atoms with van der Waals surface area (Å²) >= 11 is 3.18. The summed E-state index contributed by atoms with van der Waals surface area (Å²) in [5.74, 6) is -1.01. The van der Waals surface area contributed by atoms with E-state index in [9.17, 15) is 9.18 Å². The Morgan fingerprint density at radius 3 is 2.88 bits per heavy atom. The molecule has 0 bridgehead atoms. The Hall–Kier alpha value is -1.76. The lowest BCUT2D eigenvalue weighted by molar-refractivity contribution is 0.0996. The van der Waals surface area contributed by atoms with E-state index in [0.717, 1.165) is 0 Å². The smallest absolute Gasteiger partial charge is 0.271 e. The molecule has 3 N–H and O–H groups in total. The number of halogens is 2. The largest absolute Gasteiger partial charge is 0.364 e. The number of nitrogens with two attached hydrogens (primary N) is 1. The highest BCUT2D eigenvalue weighted by molar-refractivity contribution is 9.08. The topological polar surface area (TPSA) is 84.7 Å². The Balaban J connectivity index is 2.53. The van der Waals surface area contributed by atoms with Gasteiger partial charge in [-0.2, -0.15) is 15.4 Å². The van der Waals surface area contributed by atoms with Crippen LogP contribution in [0.25, 0.3) is 11.3 Å². The molecule has 1 aromatic heterocycles. The Morgan fingerprint density at radius 2 is 2.24 bits per heavy atom. The minimum absolute atomic E-state index is 0.0390. The minimum Gasteiger partial charge on any atom is -0.364 e. The summed E-state index contributed by atoms with van der Waals surface area (Å²) in [6, 6.07) is 4.42. The van der Waals surface area contributed by atoms with Gasteiger partial charge < -0.3 is 5.73 Å². The molecule has 17 heavy (non-hydrogen) atoms. The Bertz CT molecular complexity index is 569. The van der Waals surface area contributed by atoms with Crippen molar-refractivity contribution in [3.05, 3.63) is 35.3 Å². The van der Waals surface area contributed by atoms with Gasteiger partial charge in [-0.15, -0.1) is 0 Å². The normalized spacial score (nSPS) is 10.5. The molecule has 0 saturated heterocycles. The van der Waals surface area contributed by atoms with Crippen molar-refractivity contribution in [1.29, 1.82) is 0 Å². The van der Waals surface area contributed by atoms with Crippen LogP contribution < -0.4 is 5.73 Å². The molecular formula is C10H8BrFN4O. The van der Waals surface area contributed by atoms with Crippen LogP contribution in [0.5, 0.6) is 0 Å². The standard InChI is InChI=1S/C10H8BrFN4O/c11-4-6-3-5(1-2-7(6)12)8-9(10(13)17)15-16-14-8/h1-3H,4H2,(H2,13,17)(H,14,15,16). The van der Waals surface area contributed by atoms with Crippen LogP contribution in [0.2, 0.25) is 0 Å². The predicted molar refractivity (Wildman–Crippen MR) is 62.9 cm³/mol. The lowest BCUT2D eigenvalue weighted by atomic mass is 10.1. The predicted octanol–water partition coefficient (Wildman–Crippen LogP) is 1.60. The molecule has 2 aromatic rings. The fourth-order valence-electron chi connectivity index (χ4n) is 1.43. The van der Waals surface area contributed by atoms with Crippen LogP contribution in [0.15, 0.2) is 18.2 Å². The van der Waals surface area contributed by atoms with Crippen LogP contribution in [0.4, 0.5) is 4.39 Å². The molecule has 0 atom stereocenters. The van der Waals surface area contributed by atoms with Crippen LogP contribution in [0.3, 0.4) is 0 Å². The van der Waals surface area contributed by atoms with Crippen molar-refractivity contribution in [3.8, 4) is 11.3 Å². The lowest BCUT2D eigenvalue weighted by Crippen LogP contribution is -2.12. The van der Waals surface area contributed by atoms with E-state index in [1.807, 2.05) is 0 Å². The number of rotatable bonds is 3. The van der Waals surface area contributed by atoms with E-state index in [0.29, 0.717) is 22.2 Å². The third-order valence-electron chi connectivity index (χ3n) is 2.24. The quantitative estimate of drug-likeness (QED) is 0.844. The number of hydrogen-bond donors (Lipinski definition) is 2. The highest BCUT2D eigenvalue weighted by atomic mass is 79.9. The van der Waals surface area contributed by atoms with Gasteiger partial charge in [-0.3, -0.25) is 4.79 Å². The first-order valence-electron chi connectivity index (χ1n) is 4.69. The number of H-pyrrole nitrogens is 1. The first-order valence-corrected chi connectivity index (χ1v) is 5.81. The number of benzene rings is 1. The fraction of sp³-hybridized carbons (Fsp3) is 0.100. The summed E-state index contributed by atoms with van der Waals surface area (Å²) in [6.07, 6.45) is 0. The van der Waals surface area contributed by atoms with Gasteiger partial charge in [0.1, 0.15) is 11.5 Å². The highest BCUT2D eigenvalue weighted by Crippen LogP contribution is 2.23. The van der Waals surface area contributed by atoms with Crippen LogP contribution >= 0.6 is 15.9 Å². The number of nitrogens with one attached hydrogen (secondary N) is 1. The Labute approximate surface area is 104 Å². The van der Waals surface area contributed by atoms with E-state index in [4.69, 9.17) is 5.73 Å². The average molecular weight is 299 g/mol. The molecule has 7 heteroatoms. The molecule has 0 aliphatic heterocycles. The fourth-order valence-corrected chi connectivity index (χ4v) is 1.86. The van der Waals surface area contributed by atoms with Crippen molar-refractivity contribution in [1.82, 2.24) is 15.4 Å². The molecular weight excluding hydrogens is 291 g/mol. The Morgan fingerprint density at radius 1 is 1.47 bits per heavy atom. The second-order valence-corrected chi connectivity index (χ2v) is 3.89. The number of nitrogens with zero attached hydrogens (tertiary/aromatic N) is 2. The van der Waals surface area contributed by atoms with E-state index in [-0.39, 0.29) is 11.5 Å². The Kier molecular flexibility index (Phi) is 3.19. The monoisotopic (exact) mass is 298 g/mol. The van der Waals surface area contributed by atoms with Gasteiger partial charge in [0.25, 0.3) is 5.91 Å². The van der Waals surface area contributed by atoms with Crippen molar-refractivity contribution in [2.75, 3.05) is 0 Å². The van der Waals surface area contributed by atoms with Crippen LogP contribution in [0, 0.1) is 5.82 Å². The zero-order valence-electron chi connectivity index (χ0n) is 8.58. The van der Waals surface area contributed by atoms with E-state index in [1.54, 1.807) is 6.07 Å². The van der Waals surface area contributed by atoms with E-state index in [2.05, 4.69) is 31.3 Å². The van der Waals surface area contributed by atoms with Gasteiger partial charge in [-0.05, 0) is 23.8 Å². The molecule has 0 radical (unpaired) electrons. The molecule has 0 fully saturated rings. The van der Waals surface area contributed by atoms with Crippen molar-refractivity contribution < 1.29 is 9.18 Å². The number of primary amides is 1. The number of carbonyl (C=O) groups is 1. The van der Waals surface area contributed by atoms with E-state index < -0.39 is 5.91 Å². The number of aromatic nitrogens is 3. The summed E-state index contributed by atoms with van der Waals surface area (Å²) in [5, 5.41) is 10.2. The number of alkyl halides is 1. The van der Waals surface area contributed by atoms with Gasteiger partial charge in [-0.1, -0.05) is 15.9 Å². The van der Waals surface area contributed by atoms with Crippen LogP contribution in [0.1, 0.15) is 16.1 Å². The lowest BCUT2D eigenvalue weighted by Gasteiger charge is -2.02. The molecule has 0 saturated carbocycles. The second kappa shape index (κ2) is 4.62. The summed E-state index contributed by atoms with van der Waals surface area (Å²) in [5.41, 5.74) is 6.57. The first kappa shape index (κ1) is 11.7. The summed E-state index contributed by atoms with van der Waals surface area (Å²) in [7, 11) is 0. The molecule has 1 aromatic carbocycles. The van der Waals surface area contributed by atoms with Gasteiger partial charge in [-0.25, -0.2) is 4.39 Å². The van der Waals surface area contributed by atoms with Crippen LogP contribution in [-0.2, 0) is 5.33 Å². The maximum atomic E-state index is 13.3. The first-order chi connectivity index (χ1) is 8.13. The van der Waals surface area contributed by atoms with Gasteiger partial charge >= 0.3 is 0 Å². The number of hydrogen-bond acceptors (Lipinski definition) is 3. The van der Waals surface area contributed by atoms with Gasteiger partial charge in [0.05, 0.1) is 0 Å². The molecule has 0 spiro atoms. The second-order valence-electron chi connectivity index (χ2n) is 3.32. The van der Waals surface area contributed by atoms with Gasteiger partial charge in [0, 0.05) is 10.9 Å². The molecule has 0 aliphatic carbocycles. The molecule has 5 nitrogen and oxygen atoms in total. The summed E-state index contributed by atoms with van der Waals surface area (Å²) in [4.78, 5) is 11.1. The highest BCUT2D eigenvalue weighted by Gasteiger charge is 2.16. The SMILES string of the molecule is NC(=O)c1n[nH]nc1-c1ccc(F)c(CBr)c1. The average Bonchev–Trinajstić information content (AvgIpc) is 2.78. The molecule has 2 rings (SSSR count). The zero-order chi connectivity index (χ0) is 12.4. The maximum Gasteiger partial charge on any atom is 0.271 e. The van der Waals surface area contributed by atoms with E-state index in [1.165, 1.54) is 12.1 Å². The summed E-state index contributed by atoms with van der Waals surface area (Å²) < 4.78 is 13.3. The zero-order valence-corrected chi connectivity index (χ0v) is 10.2. The van der Waals surface area contributed by atoms with Crippen LogP contribution in [-0.4, -0.2) is 21.3 Å². The van der Waals surface area contributed by atoms with E-state index >= 15 is 0 Å². The number of aromatic amines is 1. The van der Waals surface area contributed by atoms with Gasteiger partial charge in [0.15, 0.2) is 5.69 Å². The maximum absolute atomic E-state index is 13.3. The van der Waals surface area contributed by atoms with Crippen molar-refractivity contribution in [2.24, 2.45) is 5.73 Å². The third kappa shape index (κ3) is 2.19. The number of amides is 1. The molecule has 88 valence electrons.